The molecular formula is C14H25NO2S. The number of ether oxygens (including phenoxy) is 1. The lowest BCUT2D eigenvalue weighted by molar-refractivity contribution is -0.128. The summed E-state index contributed by atoms with van der Waals surface area (Å²) in [5.74, 6) is 0.0775. The van der Waals surface area contributed by atoms with E-state index in [0.29, 0.717) is 12.1 Å². The van der Waals surface area contributed by atoms with Crippen LogP contribution in [-0.4, -0.2) is 36.2 Å². The zero-order valence-electron chi connectivity index (χ0n) is 11.3. The van der Waals surface area contributed by atoms with Crippen molar-refractivity contribution in [3.8, 4) is 0 Å². The summed E-state index contributed by atoms with van der Waals surface area (Å²) < 4.78 is 5.64. The first-order valence-electron chi connectivity index (χ1n) is 7.21. The Morgan fingerprint density at radius 1 is 1.22 bits per heavy atom. The minimum atomic E-state index is 0.0775. The highest BCUT2D eigenvalue weighted by atomic mass is 32.2. The fraction of sp³-hybridized carbons (Fsp3) is 0.929. The van der Waals surface area contributed by atoms with Gasteiger partial charge in [-0.3, -0.25) is 4.79 Å². The van der Waals surface area contributed by atoms with Crippen LogP contribution in [0.1, 0.15) is 51.4 Å². The summed E-state index contributed by atoms with van der Waals surface area (Å²) in [5.41, 5.74) is 0. The summed E-state index contributed by atoms with van der Waals surface area (Å²) >= 11 is 1.93. The van der Waals surface area contributed by atoms with Crippen molar-refractivity contribution in [3.63, 3.8) is 0 Å². The minimum Gasteiger partial charge on any atom is -0.368 e. The Kier molecular flexibility index (Phi) is 5.83. The lowest BCUT2D eigenvalue weighted by atomic mass is 9.95. The van der Waals surface area contributed by atoms with Gasteiger partial charge in [0, 0.05) is 11.3 Å². The van der Waals surface area contributed by atoms with E-state index in [4.69, 9.17) is 4.74 Å². The van der Waals surface area contributed by atoms with Gasteiger partial charge < -0.3 is 10.1 Å². The smallest absolute Gasteiger partial charge is 0.246 e. The number of hydrogen-bond acceptors (Lipinski definition) is 3. The molecule has 18 heavy (non-hydrogen) atoms. The van der Waals surface area contributed by atoms with Crippen LogP contribution < -0.4 is 5.32 Å². The summed E-state index contributed by atoms with van der Waals surface area (Å²) in [4.78, 5) is 11.8. The third kappa shape index (κ3) is 4.47. The maximum absolute atomic E-state index is 11.8. The highest BCUT2D eigenvalue weighted by Gasteiger charge is 2.23. The van der Waals surface area contributed by atoms with E-state index >= 15 is 0 Å². The second kappa shape index (κ2) is 7.39. The maximum atomic E-state index is 11.8. The zero-order valence-corrected chi connectivity index (χ0v) is 12.1. The first-order chi connectivity index (χ1) is 8.78. The molecule has 0 unspecified atom stereocenters. The average Bonchev–Trinajstić information content (AvgIpc) is 2.90. The average molecular weight is 271 g/mol. The fourth-order valence-corrected chi connectivity index (χ4v) is 3.84. The Balaban J connectivity index is 1.63. The Labute approximate surface area is 114 Å². The van der Waals surface area contributed by atoms with Crippen LogP contribution in [0.2, 0.25) is 0 Å². The number of thioether (sulfide) groups is 1. The van der Waals surface area contributed by atoms with Crippen molar-refractivity contribution in [3.05, 3.63) is 0 Å². The third-order valence-corrected chi connectivity index (χ3v) is 5.17. The second-order valence-electron chi connectivity index (χ2n) is 5.51. The summed E-state index contributed by atoms with van der Waals surface area (Å²) in [6.45, 7) is 0.255. The van der Waals surface area contributed by atoms with Crippen molar-refractivity contribution in [2.45, 2.75) is 68.8 Å². The molecule has 2 rings (SSSR count). The molecule has 2 aliphatic rings. The largest absolute Gasteiger partial charge is 0.368 e. The number of amides is 1. The van der Waals surface area contributed by atoms with Crippen molar-refractivity contribution >= 4 is 17.7 Å². The summed E-state index contributed by atoms with van der Waals surface area (Å²) in [6.07, 6.45) is 12.1. The standard InChI is InChI=1S/C14H25NO2S/c1-18-13-8-4-5-11(9-13)15-14(16)10-17-12-6-2-3-7-12/h11-13H,2-10H2,1H3,(H,15,16)/t11-,13+/m0/s1. The van der Waals surface area contributed by atoms with Gasteiger partial charge in [-0.05, 0) is 38.4 Å². The van der Waals surface area contributed by atoms with Gasteiger partial charge in [-0.2, -0.15) is 11.8 Å². The van der Waals surface area contributed by atoms with Gasteiger partial charge >= 0.3 is 0 Å². The predicted octanol–water partition coefficient (Wildman–Crippen LogP) is 2.74. The Morgan fingerprint density at radius 3 is 2.72 bits per heavy atom. The molecule has 0 saturated heterocycles. The molecule has 0 spiro atoms. The van der Waals surface area contributed by atoms with Crippen molar-refractivity contribution in [2.75, 3.05) is 12.9 Å². The van der Waals surface area contributed by atoms with Crippen LogP contribution in [0, 0.1) is 0 Å². The highest BCUT2D eigenvalue weighted by molar-refractivity contribution is 7.99. The topological polar surface area (TPSA) is 38.3 Å². The molecule has 2 aliphatic carbocycles. The lowest BCUT2D eigenvalue weighted by Crippen LogP contribution is -2.41. The number of rotatable bonds is 5. The van der Waals surface area contributed by atoms with E-state index in [1.54, 1.807) is 0 Å². The van der Waals surface area contributed by atoms with Gasteiger partial charge in [0.05, 0.1) is 6.10 Å². The molecule has 2 atom stereocenters. The van der Waals surface area contributed by atoms with Gasteiger partial charge in [-0.15, -0.1) is 0 Å². The van der Waals surface area contributed by atoms with Crippen LogP contribution >= 0.6 is 11.8 Å². The van der Waals surface area contributed by atoms with Crippen LogP contribution in [0.3, 0.4) is 0 Å². The van der Waals surface area contributed by atoms with Gasteiger partial charge in [0.2, 0.25) is 5.91 Å². The molecular weight excluding hydrogens is 246 g/mol. The van der Waals surface area contributed by atoms with Crippen LogP contribution in [-0.2, 0) is 9.53 Å². The molecule has 1 N–H and O–H groups in total. The summed E-state index contributed by atoms with van der Waals surface area (Å²) in [7, 11) is 0. The Hall–Kier alpha value is -0.220. The molecule has 0 aromatic carbocycles. The molecule has 0 aromatic rings. The minimum absolute atomic E-state index is 0.0775. The molecule has 2 fully saturated rings. The van der Waals surface area contributed by atoms with Crippen LogP contribution in [0.5, 0.6) is 0 Å². The van der Waals surface area contributed by atoms with E-state index < -0.39 is 0 Å². The first-order valence-corrected chi connectivity index (χ1v) is 8.50. The van der Waals surface area contributed by atoms with E-state index in [2.05, 4.69) is 11.6 Å². The molecule has 4 heteroatoms. The van der Waals surface area contributed by atoms with Crippen LogP contribution in [0.15, 0.2) is 0 Å². The number of hydrogen-bond donors (Lipinski definition) is 1. The molecule has 3 nitrogen and oxygen atoms in total. The molecule has 1 amide bonds. The highest BCUT2D eigenvalue weighted by Crippen LogP contribution is 2.27. The molecule has 0 bridgehead atoms. The number of carbonyl (C=O) groups excluding carboxylic acids is 1. The molecule has 2 saturated carbocycles. The summed E-state index contributed by atoms with van der Waals surface area (Å²) in [6, 6.07) is 0.371. The van der Waals surface area contributed by atoms with E-state index in [9.17, 15) is 4.79 Å². The van der Waals surface area contributed by atoms with E-state index in [-0.39, 0.29) is 12.5 Å². The third-order valence-electron chi connectivity index (χ3n) is 4.08. The SMILES string of the molecule is CS[C@@H]1CCC[C@H](NC(=O)COC2CCCC2)C1. The van der Waals surface area contributed by atoms with E-state index in [1.165, 1.54) is 25.7 Å². The molecule has 0 aromatic heterocycles. The molecule has 0 radical (unpaired) electrons. The van der Waals surface area contributed by atoms with E-state index in [1.807, 2.05) is 11.8 Å². The lowest BCUT2D eigenvalue weighted by Gasteiger charge is -2.28. The monoisotopic (exact) mass is 271 g/mol. The normalized spacial score (nSPS) is 29.4. The Bertz CT molecular complexity index is 267. The number of nitrogens with one attached hydrogen (secondary N) is 1. The molecule has 0 heterocycles. The van der Waals surface area contributed by atoms with E-state index in [0.717, 1.165) is 30.9 Å². The van der Waals surface area contributed by atoms with Crippen LogP contribution in [0.4, 0.5) is 0 Å². The van der Waals surface area contributed by atoms with Crippen molar-refractivity contribution in [1.29, 1.82) is 0 Å². The van der Waals surface area contributed by atoms with Crippen molar-refractivity contribution in [2.24, 2.45) is 0 Å². The van der Waals surface area contributed by atoms with Crippen molar-refractivity contribution in [1.82, 2.24) is 5.32 Å². The van der Waals surface area contributed by atoms with Crippen molar-refractivity contribution < 1.29 is 9.53 Å². The molecule has 104 valence electrons. The van der Waals surface area contributed by atoms with Gasteiger partial charge in [-0.25, -0.2) is 0 Å². The van der Waals surface area contributed by atoms with Gasteiger partial charge in [0.25, 0.3) is 0 Å². The fourth-order valence-electron chi connectivity index (χ4n) is 3.01. The zero-order chi connectivity index (χ0) is 12.8. The first kappa shape index (κ1) is 14.2. The second-order valence-corrected chi connectivity index (χ2v) is 6.64. The number of carbonyl (C=O) groups is 1. The molecule has 0 aliphatic heterocycles. The van der Waals surface area contributed by atoms with Crippen LogP contribution in [0.25, 0.3) is 0 Å². The van der Waals surface area contributed by atoms with Gasteiger partial charge in [0.1, 0.15) is 6.61 Å². The maximum Gasteiger partial charge on any atom is 0.246 e. The summed E-state index contributed by atoms with van der Waals surface area (Å²) in [5, 5.41) is 3.85. The van der Waals surface area contributed by atoms with Gasteiger partial charge in [0.15, 0.2) is 0 Å². The Morgan fingerprint density at radius 2 is 2.00 bits per heavy atom. The quantitative estimate of drug-likeness (QED) is 0.835. The van der Waals surface area contributed by atoms with Gasteiger partial charge in [-0.1, -0.05) is 19.3 Å². The predicted molar refractivity (Wildman–Crippen MR) is 75.9 cm³/mol.